The van der Waals surface area contributed by atoms with Gasteiger partial charge in [-0.1, -0.05) is 85.3 Å². The van der Waals surface area contributed by atoms with Crippen molar-refractivity contribution in [3.05, 3.63) is 71.8 Å². The fourth-order valence-electron chi connectivity index (χ4n) is 4.17. The van der Waals surface area contributed by atoms with E-state index in [0.29, 0.717) is 19.5 Å². The Morgan fingerprint density at radius 3 is 2.21 bits per heavy atom. The number of hydrogen-bond donors (Lipinski definition) is 2. The Kier molecular flexibility index (Phi) is 7.68. The summed E-state index contributed by atoms with van der Waals surface area (Å²) < 4.78 is 0. The Labute approximate surface area is 169 Å². The Hall–Kier alpha value is -2.12. The largest absolute Gasteiger partial charge is 0.395 e. The van der Waals surface area contributed by atoms with Crippen LogP contribution >= 0.6 is 0 Å². The standard InChI is InChI=1S/C25H31NO2/c27-20-19-26(21-22-11-3-1-4-12-22)18-10-9-17-25(28,24-15-7-8-16-24)23-13-5-2-6-14-23/h1-6,11-14,24,27-28H,7-8,15-21H2/t25-/m1/s1. The SMILES string of the molecule is OCCN(CC#CC[C@@](O)(c1ccccc1)C1CCCC1)Cc1ccccc1. The fraction of sp³-hybridized carbons (Fsp3) is 0.440. The molecule has 0 radical (unpaired) electrons. The van der Waals surface area contributed by atoms with Crippen molar-refractivity contribution in [1.82, 2.24) is 4.90 Å². The molecule has 0 spiro atoms. The highest BCUT2D eigenvalue weighted by Gasteiger charge is 2.39. The van der Waals surface area contributed by atoms with Crippen molar-refractivity contribution in [2.24, 2.45) is 5.92 Å². The van der Waals surface area contributed by atoms with E-state index in [1.807, 2.05) is 48.5 Å². The highest BCUT2D eigenvalue weighted by Crippen LogP contribution is 2.42. The second-order valence-electron chi connectivity index (χ2n) is 7.72. The van der Waals surface area contributed by atoms with E-state index < -0.39 is 5.60 Å². The van der Waals surface area contributed by atoms with Crippen LogP contribution in [0.3, 0.4) is 0 Å². The van der Waals surface area contributed by atoms with Crippen LogP contribution in [0.5, 0.6) is 0 Å². The van der Waals surface area contributed by atoms with E-state index in [2.05, 4.69) is 28.9 Å². The van der Waals surface area contributed by atoms with Gasteiger partial charge in [-0.2, -0.15) is 0 Å². The van der Waals surface area contributed by atoms with Crippen LogP contribution in [0.4, 0.5) is 0 Å². The number of benzene rings is 2. The molecule has 0 heterocycles. The van der Waals surface area contributed by atoms with Gasteiger partial charge in [0.15, 0.2) is 0 Å². The average molecular weight is 378 g/mol. The van der Waals surface area contributed by atoms with Crippen molar-refractivity contribution in [2.45, 2.75) is 44.2 Å². The first-order valence-electron chi connectivity index (χ1n) is 10.3. The van der Waals surface area contributed by atoms with E-state index in [0.717, 1.165) is 24.9 Å². The number of nitrogens with zero attached hydrogens (tertiary/aromatic N) is 1. The third-order valence-electron chi connectivity index (χ3n) is 5.76. The molecule has 2 N–H and O–H groups in total. The Morgan fingerprint density at radius 2 is 1.57 bits per heavy atom. The first-order valence-corrected chi connectivity index (χ1v) is 10.3. The normalized spacial score (nSPS) is 16.5. The maximum Gasteiger partial charge on any atom is 0.103 e. The molecule has 3 nitrogen and oxygen atoms in total. The van der Waals surface area contributed by atoms with E-state index in [1.165, 1.54) is 18.4 Å². The minimum Gasteiger partial charge on any atom is -0.395 e. The zero-order valence-corrected chi connectivity index (χ0v) is 16.6. The van der Waals surface area contributed by atoms with Crippen molar-refractivity contribution >= 4 is 0 Å². The van der Waals surface area contributed by atoms with Crippen molar-refractivity contribution < 1.29 is 10.2 Å². The summed E-state index contributed by atoms with van der Waals surface area (Å²) in [5.74, 6) is 6.78. The number of hydrogen-bond acceptors (Lipinski definition) is 3. The molecule has 0 unspecified atom stereocenters. The van der Waals surface area contributed by atoms with E-state index >= 15 is 0 Å². The molecular weight excluding hydrogens is 346 g/mol. The average Bonchev–Trinajstić information content (AvgIpc) is 3.28. The summed E-state index contributed by atoms with van der Waals surface area (Å²) in [6, 6.07) is 20.3. The van der Waals surface area contributed by atoms with Gasteiger partial charge in [0.25, 0.3) is 0 Å². The molecule has 148 valence electrons. The van der Waals surface area contributed by atoms with Crippen molar-refractivity contribution in [1.29, 1.82) is 0 Å². The van der Waals surface area contributed by atoms with Gasteiger partial charge in [-0.05, 0) is 29.9 Å². The van der Waals surface area contributed by atoms with Crippen LogP contribution < -0.4 is 0 Å². The maximum absolute atomic E-state index is 11.5. The molecule has 1 aliphatic rings. The molecule has 3 rings (SSSR count). The van der Waals surface area contributed by atoms with Gasteiger partial charge in [-0.25, -0.2) is 0 Å². The predicted molar refractivity (Wildman–Crippen MR) is 113 cm³/mol. The lowest BCUT2D eigenvalue weighted by molar-refractivity contribution is -0.0173. The summed E-state index contributed by atoms with van der Waals surface area (Å²) in [6.45, 7) is 2.06. The van der Waals surface area contributed by atoms with E-state index in [9.17, 15) is 10.2 Å². The van der Waals surface area contributed by atoms with Gasteiger partial charge in [0.1, 0.15) is 5.60 Å². The van der Waals surface area contributed by atoms with Gasteiger partial charge in [-0.3, -0.25) is 4.90 Å². The zero-order valence-electron chi connectivity index (χ0n) is 16.6. The van der Waals surface area contributed by atoms with Gasteiger partial charge < -0.3 is 10.2 Å². The lowest BCUT2D eigenvalue weighted by Gasteiger charge is -2.33. The van der Waals surface area contributed by atoms with Crippen molar-refractivity contribution in [3.8, 4) is 11.8 Å². The van der Waals surface area contributed by atoms with Crippen LogP contribution in [-0.4, -0.2) is 34.8 Å². The highest BCUT2D eigenvalue weighted by molar-refractivity contribution is 5.26. The van der Waals surface area contributed by atoms with Crippen LogP contribution in [0.2, 0.25) is 0 Å². The first-order chi connectivity index (χ1) is 13.7. The Balaban J connectivity index is 1.66. The van der Waals surface area contributed by atoms with Gasteiger partial charge >= 0.3 is 0 Å². The third-order valence-corrected chi connectivity index (χ3v) is 5.76. The summed E-state index contributed by atoms with van der Waals surface area (Å²) in [6.07, 6.45) is 4.97. The summed E-state index contributed by atoms with van der Waals surface area (Å²) in [4.78, 5) is 2.14. The molecule has 2 aromatic carbocycles. The van der Waals surface area contributed by atoms with Crippen LogP contribution in [0.15, 0.2) is 60.7 Å². The molecule has 0 saturated heterocycles. The molecule has 0 aromatic heterocycles. The first kappa shape index (κ1) is 20.6. The highest BCUT2D eigenvalue weighted by atomic mass is 16.3. The second-order valence-corrected chi connectivity index (χ2v) is 7.72. The van der Waals surface area contributed by atoms with Gasteiger partial charge in [0.2, 0.25) is 0 Å². The van der Waals surface area contributed by atoms with E-state index in [1.54, 1.807) is 0 Å². The molecule has 1 saturated carbocycles. The molecule has 2 aromatic rings. The Bertz CT molecular complexity index is 759. The molecule has 0 bridgehead atoms. The van der Waals surface area contributed by atoms with Gasteiger partial charge in [-0.15, -0.1) is 0 Å². The minimum atomic E-state index is -0.869. The molecule has 0 aliphatic heterocycles. The maximum atomic E-state index is 11.5. The lowest BCUT2D eigenvalue weighted by Crippen LogP contribution is -2.33. The van der Waals surface area contributed by atoms with Gasteiger partial charge in [0.05, 0.1) is 13.2 Å². The summed E-state index contributed by atoms with van der Waals surface area (Å²) in [7, 11) is 0. The minimum absolute atomic E-state index is 0.116. The fourth-order valence-corrected chi connectivity index (χ4v) is 4.17. The van der Waals surface area contributed by atoms with Crippen molar-refractivity contribution in [2.75, 3.05) is 19.7 Å². The molecular formula is C25H31NO2. The molecule has 0 amide bonds. The van der Waals surface area contributed by atoms with Crippen LogP contribution in [0, 0.1) is 17.8 Å². The lowest BCUT2D eigenvalue weighted by atomic mass is 9.78. The summed E-state index contributed by atoms with van der Waals surface area (Å²) >= 11 is 0. The quantitative estimate of drug-likeness (QED) is 0.685. The number of rotatable bonds is 8. The van der Waals surface area contributed by atoms with E-state index in [-0.39, 0.29) is 12.5 Å². The van der Waals surface area contributed by atoms with E-state index in [4.69, 9.17) is 0 Å². The molecule has 28 heavy (non-hydrogen) atoms. The predicted octanol–water partition coefficient (Wildman–Crippen LogP) is 3.95. The van der Waals surface area contributed by atoms with Gasteiger partial charge in [0, 0.05) is 19.5 Å². The zero-order chi connectivity index (χ0) is 19.7. The Morgan fingerprint density at radius 1 is 0.929 bits per heavy atom. The summed E-state index contributed by atoms with van der Waals surface area (Å²) in [5.41, 5.74) is 1.32. The molecule has 1 aliphatic carbocycles. The van der Waals surface area contributed by atoms with Crippen LogP contribution in [-0.2, 0) is 12.1 Å². The molecule has 1 fully saturated rings. The third kappa shape index (κ3) is 5.45. The van der Waals surface area contributed by atoms with Crippen LogP contribution in [0.1, 0.15) is 43.2 Å². The number of aliphatic hydroxyl groups is 2. The van der Waals surface area contributed by atoms with Crippen LogP contribution in [0.25, 0.3) is 0 Å². The molecule has 3 heteroatoms. The smallest absolute Gasteiger partial charge is 0.103 e. The van der Waals surface area contributed by atoms with Crippen molar-refractivity contribution in [3.63, 3.8) is 0 Å². The summed E-state index contributed by atoms with van der Waals surface area (Å²) in [5, 5.41) is 20.9. The second kappa shape index (κ2) is 10.4. The topological polar surface area (TPSA) is 43.7 Å². The molecule has 1 atom stereocenters. The monoisotopic (exact) mass is 377 g/mol. The number of aliphatic hydroxyl groups excluding tert-OH is 1.